The number of methoxy groups -OCH3 is 1. The number of hydrogen-bond acceptors (Lipinski definition) is 4. The Kier molecular flexibility index (Phi) is 5.63. The van der Waals surface area contributed by atoms with Crippen LogP contribution in [0.1, 0.15) is 24.4 Å². The first-order valence-electron chi connectivity index (χ1n) is 7.01. The first kappa shape index (κ1) is 14.3. The predicted molar refractivity (Wildman–Crippen MR) is 76.4 cm³/mol. The van der Waals surface area contributed by atoms with E-state index in [2.05, 4.69) is 23.1 Å². The van der Waals surface area contributed by atoms with Crippen LogP contribution >= 0.6 is 0 Å². The predicted octanol–water partition coefficient (Wildman–Crippen LogP) is 1.81. The fraction of sp³-hybridized carbons (Fsp3) is 0.600. The van der Waals surface area contributed by atoms with E-state index in [1.807, 2.05) is 6.07 Å². The molecule has 1 aliphatic rings. The normalized spacial score (nSPS) is 18.2. The minimum absolute atomic E-state index is 0.419. The summed E-state index contributed by atoms with van der Waals surface area (Å²) in [5.41, 5.74) is 6.99. The van der Waals surface area contributed by atoms with Crippen LogP contribution in [-0.2, 0) is 4.74 Å². The van der Waals surface area contributed by atoms with Gasteiger partial charge in [0.1, 0.15) is 5.75 Å². The number of hydrogen-bond donors (Lipinski definition) is 1. The molecular formula is C15H24N2O2. The van der Waals surface area contributed by atoms with Crippen LogP contribution in [0.15, 0.2) is 24.3 Å². The van der Waals surface area contributed by atoms with Crippen molar-refractivity contribution >= 4 is 0 Å². The molecule has 1 aromatic carbocycles. The van der Waals surface area contributed by atoms with Gasteiger partial charge in [0.25, 0.3) is 0 Å². The maximum absolute atomic E-state index is 5.67. The molecule has 1 aromatic rings. The molecule has 1 fully saturated rings. The van der Waals surface area contributed by atoms with Crippen molar-refractivity contribution in [3.63, 3.8) is 0 Å². The number of morpholine rings is 1. The van der Waals surface area contributed by atoms with Crippen molar-refractivity contribution in [3.8, 4) is 5.75 Å². The molecule has 4 heteroatoms. The van der Waals surface area contributed by atoms with Crippen molar-refractivity contribution in [1.29, 1.82) is 0 Å². The zero-order valence-corrected chi connectivity index (χ0v) is 11.7. The van der Waals surface area contributed by atoms with E-state index in [-0.39, 0.29) is 0 Å². The van der Waals surface area contributed by atoms with Crippen LogP contribution in [-0.4, -0.2) is 44.9 Å². The third-order valence-electron chi connectivity index (χ3n) is 3.65. The Bertz CT molecular complexity index is 378. The molecule has 2 N–H and O–H groups in total. The van der Waals surface area contributed by atoms with Gasteiger partial charge < -0.3 is 15.2 Å². The zero-order valence-electron chi connectivity index (χ0n) is 11.7. The highest BCUT2D eigenvalue weighted by atomic mass is 16.5. The minimum atomic E-state index is 0.419. The maximum atomic E-state index is 5.67. The molecule has 1 unspecified atom stereocenters. The summed E-state index contributed by atoms with van der Waals surface area (Å²) in [7, 11) is 1.71. The van der Waals surface area contributed by atoms with Crippen LogP contribution in [0.5, 0.6) is 5.75 Å². The minimum Gasteiger partial charge on any atom is -0.497 e. The topological polar surface area (TPSA) is 47.7 Å². The van der Waals surface area contributed by atoms with E-state index < -0.39 is 0 Å². The van der Waals surface area contributed by atoms with Gasteiger partial charge in [-0.1, -0.05) is 12.1 Å². The van der Waals surface area contributed by atoms with Gasteiger partial charge in [0.15, 0.2) is 0 Å². The van der Waals surface area contributed by atoms with Crippen molar-refractivity contribution in [1.82, 2.24) is 4.90 Å². The van der Waals surface area contributed by atoms with Gasteiger partial charge in [-0.05, 0) is 37.1 Å². The SMILES string of the molecule is COc1cccc(C(CCCN)N2CCOCC2)c1. The molecule has 2 rings (SSSR count). The summed E-state index contributed by atoms with van der Waals surface area (Å²) < 4.78 is 10.8. The van der Waals surface area contributed by atoms with Crippen LogP contribution in [0.4, 0.5) is 0 Å². The monoisotopic (exact) mass is 264 g/mol. The van der Waals surface area contributed by atoms with Crippen molar-refractivity contribution < 1.29 is 9.47 Å². The number of nitrogens with two attached hydrogens (primary N) is 1. The summed E-state index contributed by atoms with van der Waals surface area (Å²) in [6, 6.07) is 8.78. The fourth-order valence-electron chi connectivity index (χ4n) is 2.61. The summed E-state index contributed by atoms with van der Waals surface area (Å²) in [4.78, 5) is 2.49. The summed E-state index contributed by atoms with van der Waals surface area (Å²) in [5, 5.41) is 0. The van der Waals surface area contributed by atoms with E-state index in [0.717, 1.165) is 51.4 Å². The lowest BCUT2D eigenvalue weighted by Crippen LogP contribution is -2.39. The highest BCUT2D eigenvalue weighted by Gasteiger charge is 2.22. The average Bonchev–Trinajstić information content (AvgIpc) is 2.49. The standard InChI is InChI=1S/C15H24N2O2/c1-18-14-5-2-4-13(12-14)15(6-3-7-16)17-8-10-19-11-9-17/h2,4-5,12,15H,3,6-11,16H2,1H3. The van der Waals surface area contributed by atoms with Gasteiger partial charge in [-0.2, -0.15) is 0 Å². The summed E-state index contributed by atoms with van der Waals surface area (Å²) in [6.45, 7) is 4.37. The van der Waals surface area contributed by atoms with Crippen LogP contribution in [0, 0.1) is 0 Å². The van der Waals surface area contributed by atoms with Gasteiger partial charge >= 0.3 is 0 Å². The molecule has 0 spiro atoms. The molecular weight excluding hydrogens is 240 g/mol. The quantitative estimate of drug-likeness (QED) is 0.851. The van der Waals surface area contributed by atoms with E-state index in [4.69, 9.17) is 15.2 Å². The number of ether oxygens (including phenoxy) is 2. The van der Waals surface area contributed by atoms with E-state index in [1.54, 1.807) is 7.11 Å². The molecule has 1 saturated heterocycles. The van der Waals surface area contributed by atoms with E-state index in [9.17, 15) is 0 Å². The van der Waals surface area contributed by atoms with Gasteiger partial charge in [0.2, 0.25) is 0 Å². The molecule has 19 heavy (non-hydrogen) atoms. The Morgan fingerprint density at radius 1 is 1.37 bits per heavy atom. The van der Waals surface area contributed by atoms with Gasteiger partial charge in [-0.3, -0.25) is 4.90 Å². The maximum Gasteiger partial charge on any atom is 0.119 e. The van der Waals surface area contributed by atoms with Crippen molar-refractivity contribution in [3.05, 3.63) is 29.8 Å². The molecule has 4 nitrogen and oxygen atoms in total. The number of nitrogens with zero attached hydrogens (tertiary/aromatic N) is 1. The van der Waals surface area contributed by atoms with Crippen LogP contribution in [0.2, 0.25) is 0 Å². The van der Waals surface area contributed by atoms with Crippen LogP contribution in [0.3, 0.4) is 0 Å². The molecule has 0 aliphatic carbocycles. The molecule has 106 valence electrons. The first-order valence-corrected chi connectivity index (χ1v) is 7.01. The smallest absolute Gasteiger partial charge is 0.119 e. The molecule has 0 amide bonds. The van der Waals surface area contributed by atoms with E-state index in [0.29, 0.717) is 6.04 Å². The lowest BCUT2D eigenvalue weighted by atomic mass is 9.99. The van der Waals surface area contributed by atoms with Crippen LogP contribution < -0.4 is 10.5 Å². The van der Waals surface area contributed by atoms with Crippen molar-refractivity contribution in [2.24, 2.45) is 5.73 Å². The molecule has 1 heterocycles. The Morgan fingerprint density at radius 2 is 2.16 bits per heavy atom. The fourth-order valence-corrected chi connectivity index (χ4v) is 2.61. The van der Waals surface area contributed by atoms with E-state index >= 15 is 0 Å². The van der Waals surface area contributed by atoms with Gasteiger partial charge in [0.05, 0.1) is 20.3 Å². The van der Waals surface area contributed by atoms with Crippen LogP contribution in [0.25, 0.3) is 0 Å². The van der Waals surface area contributed by atoms with Gasteiger partial charge in [0, 0.05) is 19.1 Å². The summed E-state index contributed by atoms with van der Waals surface area (Å²) in [5.74, 6) is 0.920. The average molecular weight is 264 g/mol. The molecule has 0 aromatic heterocycles. The third-order valence-corrected chi connectivity index (χ3v) is 3.65. The van der Waals surface area contributed by atoms with Gasteiger partial charge in [-0.25, -0.2) is 0 Å². The molecule has 1 aliphatic heterocycles. The zero-order chi connectivity index (χ0) is 13.5. The highest BCUT2D eigenvalue weighted by Crippen LogP contribution is 2.28. The molecule has 0 bridgehead atoms. The third kappa shape index (κ3) is 3.93. The first-order chi connectivity index (χ1) is 9.35. The van der Waals surface area contributed by atoms with Crippen molar-refractivity contribution in [2.75, 3.05) is 40.0 Å². The molecule has 1 atom stereocenters. The second kappa shape index (κ2) is 7.48. The summed E-state index contributed by atoms with van der Waals surface area (Å²) in [6.07, 6.45) is 2.13. The second-order valence-corrected chi connectivity index (χ2v) is 4.87. The van der Waals surface area contributed by atoms with Crippen molar-refractivity contribution in [2.45, 2.75) is 18.9 Å². The molecule has 0 radical (unpaired) electrons. The Balaban J connectivity index is 2.14. The molecule has 0 saturated carbocycles. The highest BCUT2D eigenvalue weighted by molar-refractivity contribution is 5.30. The second-order valence-electron chi connectivity index (χ2n) is 4.87. The summed E-state index contributed by atoms with van der Waals surface area (Å²) >= 11 is 0. The largest absolute Gasteiger partial charge is 0.497 e. The Hall–Kier alpha value is -1.10. The van der Waals surface area contributed by atoms with Gasteiger partial charge in [-0.15, -0.1) is 0 Å². The lowest BCUT2D eigenvalue weighted by Gasteiger charge is -2.35. The Morgan fingerprint density at radius 3 is 2.84 bits per heavy atom. The lowest BCUT2D eigenvalue weighted by molar-refractivity contribution is 0.0139. The van der Waals surface area contributed by atoms with E-state index in [1.165, 1.54) is 5.56 Å². The number of rotatable bonds is 6. The Labute approximate surface area is 115 Å². The number of benzene rings is 1.